The third-order valence-corrected chi connectivity index (χ3v) is 5.43. The number of ketones is 1. The lowest BCUT2D eigenvalue weighted by Gasteiger charge is -2.09. The molecule has 0 unspecified atom stereocenters. The molecular formula is C15H11BrO2S2. The molecule has 3 aromatic rings. The zero-order chi connectivity index (χ0) is 14.1. The van der Waals surface area contributed by atoms with Crippen LogP contribution >= 0.6 is 38.6 Å². The molecule has 0 aliphatic rings. The molecule has 0 N–H and O–H groups in total. The number of fused-ring (bicyclic) bond motifs is 1. The molecule has 0 saturated carbocycles. The van der Waals surface area contributed by atoms with E-state index in [1.54, 1.807) is 11.3 Å². The molecule has 0 saturated heterocycles. The molecular weight excluding hydrogens is 356 g/mol. The first-order valence-electron chi connectivity index (χ1n) is 6.13. The van der Waals surface area contributed by atoms with Crippen molar-refractivity contribution in [2.45, 2.75) is 6.92 Å². The van der Waals surface area contributed by atoms with Crippen LogP contribution in [0.1, 0.15) is 22.2 Å². The van der Waals surface area contributed by atoms with E-state index < -0.39 is 0 Å². The van der Waals surface area contributed by atoms with E-state index in [9.17, 15) is 4.79 Å². The van der Waals surface area contributed by atoms with Crippen molar-refractivity contribution in [3.63, 3.8) is 0 Å². The van der Waals surface area contributed by atoms with Gasteiger partial charge in [-0.1, -0.05) is 15.9 Å². The standard InChI is InChI=1S/C15H11BrO2S2/c1-2-18-11-4-3-9(16)7-10(11)15(17)14-8-13-12(20-14)5-6-19-13/h3-8H,2H2,1H3. The summed E-state index contributed by atoms with van der Waals surface area (Å²) in [6.07, 6.45) is 0. The average Bonchev–Trinajstić information content (AvgIpc) is 3.01. The average molecular weight is 367 g/mol. The van der Waals surface area contributed by atoms with Crippen molar-refractivity contribution in [2.75, 3.05) is 6.61 Å². The van der Waals surface area contributed by atoms with Gasteiger partial charge in [-0.3, -0.25) is 4.79 Å². The van der Waals surface area contributed by atoms with Crippen LogP contribution in [0.2, 0.25) is 0 Å². The zero-order valence-corrected chi connectivity index (χ0v) is 13.9. The van der Waals surface area contributed by atoms with Gasteiger partial charge < -0.3 is 4.74 Å². The van der Waals surface area contributed by atoms with Crippen LogP contribution < -0.4 is 4.74 Å². The molecule has 0 fully saturated rings. The van der Waals surface area contributed by atoms with E-state index in [4.69, 9.17) is 4.74 Å². The number of rotatable bonds is 4. The van der Waals surface area contributed by atoms with Crippen LogP contribution in [-0.2, 0) is 0 Å². The lowest BCUT2D eigenvalue weighted by atomic mass is 10.1. The van der Waals surface area contributed by atoms with Crippen molar-refractivity contribution in [1.82, 2.24) is 0 Å². The van der Waals surface area contributed by atoms with Gasteiger partial charge in [0.15, 0.2) is 0 Å². The molecule has 102 valence electrons. The Balaban J connectivity index is 2.05. The Morgan fingerprint density at radius 3 is 2.85 bits per heavy atom. The highest BCUT2D eigenvalue weighted by molar-refractivity contribution is 9.10. The van der Waals surface area contributed by atoms with Crippen LogP contribution in [0.15, 0.2) is 40.2 Å². The maximum absolute atomic E-state index is 12.7. The summed E-state index contributed by atoms with van der Waals surface area (Å²) in [5, 5.41) is 2.04. The topological polar surface area (TPSA) is 26.3 Å². The number of hydrogen-bond acceptors (Lipinski definition) is 4. The molecule has 20 heavy (non-hydrogen) atoms. The van der Waals surface area contributed by atoms with Crippen molar-refractivity contribution >= 4 is 53.8 Å². The van der Waals surface area contributed by atoms with E-state index in [2.05, 4.69) is 15.9 Å². The minimum Gasteiger partial charge on any atom is -0.493 e. The Morgan fingerprint density at radius 2 is 2.10 bits per heavy atom. The van der Waals surface area contributed by atoms with Gasteiger partial charge in [0, 0.05) is 13.9 Å². The van der Waals surface area contributed by atoms with E-state index >= 15 is 0 Å². The molecule has 1 aromatic carbocycles. The highest BCUT2D eigenvalue weighted by atomic mass is 79.9. The zero-order valence-electron chi connectivity index (χ0n) is 10.7. The maximum atomic E-state index is 12.7. The molecule has 0 amide bonds. The predicted octanol–water partition coefficient (Wildman–Crippen LogP) is 5.36. The van der Waals surface area contributed by atoms with Crippen molar-refractivity contribution < 1.29 is 9.53 Å². The largest absolute Gasteiger partial charge is 0.493 e. The number of ether oxygens (including phenoxy) is 1. The Bertz CT molecular complexity index is 745. The number of benzene rings is 1. The molecule has 0 atom stereocenters. The fourth-order valence-electron chi connectivity index (χ4n) is 1.97. The van der Waals surface area contributed by atoms with Crippen molar-refractivity contribution in [2.24, 2.45) is 0 Å². The second kappa shape index (κ2) is 5.68. The van der Waals surface area contributed by atoms with Gasteiger partial charge in [-0.15, -0.1) is 22.7 Å². The van der Waals surface area contributed by atoms with E-state index in [1.165, 1.54) is 11.3 Å². The van der Waals surface area contributed by atoms with Gasteiger partial charge in [0.2, 0.25) is 5.78 Å². The number of carbonyl (C=O) groups excluding carboxylic acids is 1. The normalized spacial score (nSPS) is 10.9. The van der Waals surface area contributed by atoms with Gasteiger partial charge in [-0.25, -0.2) is 0 Å². The van der Waals surface area contributed by atoms with Gasteiger partial charge in [-0.2, -0.15) is 0 Å². The summed E-state index contributed by atoms with van der Waals surface area (Å²) >= 11 is 6.60. The molecule has 2 nitrogen and oxygen atoms in total. The van der Waals surface area contributed by atoms with Gasteiger partial charge in [-0.05, 0) is 42.6 Å². The van der Waals surface area contributed by atoms with Gasteiger partial charge in [0.05, 0.1) is 17.0 Å². The summed E-state index contributed by atoms with van der Waals surface area (Å²) in [5.74, 6) is 0.653. The Hall–Kier alpha value is -1.17. The van der Waals surface area contributed by atoms with Gasteiger partial charge in [0.1, 0.15) is 5.75 Å². The summed E-state index contributed by atoms with van der Waals surface area (Å²) in [4.78, 5) is 13.4. The molecule has 2 aromatic heterocycles. The van der Waals surface area contributed by atoms with Crippen molar-refractivity contribution in [3.05, 3.63) is 50.6 Å². The molecule has 0 bridgehead atoms. The Labute approximate surface area is 133 Å². The Morgan fingerprint density at radius 1 is 1.25 bits per heavy atom. The third-order valence-electron chi connectivity index (χ3n) is 2.85. The molecule has 0 radical (unpaired) electrons. The summed E-state index contributed by atoms with van der Waals surface area (Å²) < 4.78 is 8.75. The van der Waals surface area contributed by atoms with Crippen LogP contribution in [0, 0.1) is 0 Å². The molecule has 0 spiro atoms. The number of hydrogen-bond donors (Lipinski definition) is 0. The van der Waals surface area contributed by atoms with E-state index in [-0.39, 0.29) is 5.78 Å². The quantitative estimate of drug-likeness (QED) is 0.581. The lowest BCUT2D eigenvalue weighted by Crippen LogP contribution is -2.04. The summed E-state index contributed by atoms with van der Waals surface area (Å²) in [5.41, 5.74) is 0.607. The summed E-state index contributed by atoms with van der Waals surface area (Å²) in [7, 11) is 0. The number of carbonyl (C=O) groups is 1. The fourth-order valence-corrected chi connectivity index (χ4v) is 4.40. The van der Waals surface area contributed by atoms with Crippen LogP contribution in [0.4, 0.5) is 0 Å². The lowest BCUT2D eigenvalue weighted by molar-refractivity contribution is 0.103. The second-order valence-electron chi connectivity index (χ2n) is 4.16. The van der Waals surface area contributed by atoms with E-state index in [0.29, 0.717) is 17.9 Å². The molecule has 5 heteroatoms. The number of thiophene rings is 2. The number of halogens is 1. The molecule has 0 aliphatic carbocycles. The minimum atomic E-state index is 0.0168. The highest BCUT2D eigenvalue weighted by Crippen LogP contribution is 2.33. The third kappa shape index (κ3) is 2.53. The van der Waals surface area contributed by atoms with Gasteiger partial charge in [0.25, 0.3) is 0 Å². The summed E-state index contributed by atoms with van der Waals surface area (Å²) in [6.45, 7) is 2.46. The molecule has 0 aliphatic heterocycles. The predicted molar refractivity (Wildman–Crippen MR) is 88.4 cm³/mol. The monoisotopic (exact) mass is 366 g/mol. The highest BCUT2D eigenvalue weighted by Gasteiger charge is 2.18. The van der Waals surface area contributed by atoms with Crippen molar-refractivity contribution in [3.8, 4) is 5.75 Å². The smallest absolute Gasteiger partial charge is 0.206 e. The van der Waals surface area contributed by atoms with Gasteiger partial charge >= 0.3 is 0 Å². The minimum absolute atomic E-state index is 0.0168. The SMILES string of the molecule is CCOc1ccc(Br)cc1C(=O)c1cc2sccc2s1. The fraction of sp³-hybridized carbons (Fsp3) is 0.133. The first-order valence-corrected chi connectivity index (χ1v) is 8.62. The first kappa shape index (κ1) is 13.8. The second-order valence-corrected chi connectivity index (χ2v) is 7.11. The first-order chi connectivity index (χ1) is 9.69. The maximum Gasteiger partial charge on any atom is 0.206 e. The van der Waals surface area contributed by atoms with Crippen LogP contribution in [0.3, 0.4) is 0 Å². The van der Waals surface area contributed by atoms with Crippen LogP contribution in [0.25, 0.3) is 9.40 Å². The molecule has 3 rings (SSSR count). The Kier molecular flexibility index (Phi) is 3.92. The molecule has 2 heterocycles. The van der Waals surface area contributed by atoms with E-state index in [1.807, 2.05) is 42.6 Å². The van der Waals surface area contributed by atoms with E-state index in [0.717, 1.165) is 18.7 Å². The summed E-state index contributed by atoms with van der Waals surface area (Å²) in [6, 6.07) is 9.54. The van der Waals surface area contributed by atoms with Crippen molar-refractivity contribution in [1.29, 1.82) is 0 Å². The van der Waals surface area contributed by atoms with Crippen LogP contribution in [-0.4, -0.2) is 12.4 Å². The van der Waals surface area contributed by atoms with Crippen LogP contribution in [0.5, 0.6) is 5.75 Å².